The molecule has 1 aliphatic heterocycles. The molecule has 60 valence electrons. The first-order valence-electron chi connectivity index (χ1n) is 3.23. The summed E-state index contributed by atoms with van der Waals surface area (Å²) < 4.78 is 14.7. The topological polar surface area (TPSA) is 51.2 Å². The predicted octanol–water partition coefficient (Wildman–Crippen LogP) is -0.633. The van der Waals surface area contributed by atoms with Gasteiger partial charge in [0.15, 0.2) is 6.29 Å². The van der Waals surface area contributed by atoms with Crippen molar-refractivity contribution in [3.05, 3.63) is 0 Å². The predicted molar refractivity (Wildman–Crippen MR) is 33.6 cm³/mol. The fraction of sp³-hybridized carbons (Fsp3) is 1.00. The smallest absolute Gasteiger partial charge is 0.180 e. The van der Waals surface area contributed by atoms with E-state index in [1.54, 1.807) is 0 Å². The molecule has 1 aliphatic rings. The third-order valence-electron chi connectivity index (χ3n) is 1.28. The highest BCUT2D eigenvalue weighted by atomic mass is 16.7. The minimum absolute atomic E-state index is 0.108. The molecule has 0 aromatic rings. The van der Waals surface area contributed by atoms with Crippen LogP contribution in [0.15, 0.2) is 0 Å². The molecule has 2 unspecified atom stereocenters. The number of epoxide rings is 1. The first-order chi connectivity index (χ1) is 4.86. The molecule has 0 saturated carbocycles. The van der Waals surface area contributed by atoms with E-state index in [9.17, 15) is 0 Å². The molecule has 2 atom stereocenters. The van der Waals surface area contributed by atoms with Crippen molar-refractivity contribution < 1.29 is 19.3 Å². The lowest BCUT2D eigenvalue weighted by Gasteiger charge is -2.11. The van der Waals surface area contributed by atoms with Gasteiger partial charge in [-0.2, -0.15) is 0 Å². The third kappa shape index (κ3) is 2.62. The zero-order valence-corrected chi connectivity index (χ0v) is 5.95. The zero-order chi connectivity index (χ0) is 7.40. The van der Waals surface area contributed by atoms with Crippen LogP contribution in [-0.2, 0) is 14.2 Å². The molecule has 0 aromatic heterocycles. The highest BCUT2D eigenvalue weighted by Crippen LogP contribution is 2.09. The van der Waals surface area contributed by atoms with Crippen molar-refractivity contribution in [1.29, 1.82) is 0 Å². The maximum Gasteiger partial charge on any atom is 0.180 e. The maximum atomic E-state index is 8.57. The van der Waals surface area contributed by atoms with Gasteiger partial charge in [-0.25, -0.2) is 0 Å². The van der Waals surface area contributed by atoms with Crippen LogP contribution in [0.2, 0.25) is 0 Å². The minimum atomic E-state index is -0.496. The molecule has 10 heavy (non-hydrogen) atoms. The van der Waals surface area contributed by atoms with Gasteiger partial charge >= 0.3 is 0 Å². The van der Waals surface area contributed by atoms with E-state index < -0.39 is 6.29 Å². The molecular formula is C6H12O4. The van der Waals surface area contributed by atoms with Gasteiger partial charge in [0.1, 0.15) is 6.10 Å². The van der Waals surface area contributed by atoms with Crippen LogP contribution < -0.4 is 0 Å². The van der Waals surface area contributed by atoms with Crippen molar-refractivity contribution in [1.82, 2.24) is 0 Å². The Balaban J connectivity index is 1.97. The van der Waals surface area contributed by atoms with Crippen molar-refractivity contribution >= 4 is 0 Å². The monoisotopic (exact) mass is 148 g/mol. The molecular weight excluding hydrogens is 136 g/mol. The van der Waals surface area contributed by atoms with Crippen LogP contribution in [0.4, 0.5) is 0 Å². The summed E-state index contributed by atoms with van der Waals surface area (Å²) in [6.45, 7) is 1.17. The highest BCUT2D eigenvalue weighted by molar-refractivity contribution is 4.67. The molecule has 0 aromatic carbocycles. The average molecular weight is 148 g/mol. The molecule has 0 amide bonds. The second kappa shape index (κ2) is 3.88. The summed E-state index contributed by atoms with van der Waals surface area (Å²) in [7, 11) is 1.49. The minimum Gasteiger partial charge on any atom is -0.391 e. The number of aliphatic hydroxyl groups excluding tert-OH is 1. The van der Waals surface area contributed by atoms with Crippen LogP contribution in [-0.4, -0.2) is 44.4 Å². The Morgan fingerprint density at radius 1 is 1.80 bits per heavy atom. The zero-order valence-electron chi connectivity index (χ0n) is 5.95. The Morgan fingerprint density at radius 2 is 2.50 bits per heavy atom. The molecule has 1 heterocycles. The Kier molecular flexibility index (Phi) is 3.08. The SMILES string of the molecule is COC(CO)OCC1CO1. The summed E-state index contributed by atoms with van der Waals surface area (Å²) in [6, 6.07) is 0. The Morgan fingerprint density at radius 3 is 2.90 bits per heavy atom. The van der Waals surface area contributed by atoms with Crippen LogP contribution in [0.25, 0.3) is 0 Å². The van der Waals surface area contributed by atoms with Crippen LogP contribution in [0, 0.1) is 0 Å². The van der Waals surface area contributed by atoms with E-state index in [1.165, 1.54) is 7.11 Å². The lowest BCUT2D eigenvalue weighted by Crippen LogP contribution is -2.21. The van der Waals surface area contributed by atoms with Gasteiger partial charge in [-0.15, -0.1) is 0 Å². The number of aliphatic hydroxyl groups is 1. The summed E-state index contributed by atoms with van der Waals surface area (Å²) in [5, 5.41) is 8.57. The third-order valence-corrected chi connectivity index (χ3v) is 1.28. The average Bonchev–Trinajstić information content (AvgIpc) is 2.74. The van der Waals surface area contributed by atoms with E-state index in [0.29, 0.717) is 6.61 Å². The van der Waals surface area contributed by atoms with Gasteiger partial charge in [0, 0.05) is 7.11 Å². The van der Waals surface area contributed by atoms with E-state index in [1.807, 2.05) is 0 Å². The van der Waals surface area contributed by atoms with E-state index in [2.05, 4.69) is 0 Å². The van der Waals surface area contributed by atoms with Gasteiger partial charge in [0.05, 0.1) is 19.8 Å². The highest BCUT2D eigenvalue weighted by Gasteiger charge is 2.23. The van der Waals surface area contributed by atoms with Crippen LogP contribution >= 0.6 is 0 Å². The second-order valence-electron chi connectivity index (χ2n) is 2.14. The molecule has 0 radical (unpaired) electrons. The van der Waals surface area contributed by atoms with Crippen LogP contribution in [0.1, 0.15) is 0 Å². The van der Waals surface area contributed by atoms with Crippen molar-refractivity contribution in [2.24, 2.45) is 0 Å². The van der Waals surface area contributed by atoms with Gasteiger partial charge in [0.2, 0.25) is 0 Å². The van der Waals surface area contributed by atoms with E-state index >= 15 is 0 Å². The molecule has 0 aliphatic carbocycles. The number of rotatable bonds is 5. The maximum absolute atomic E-state index is 8.57. The summed E-state index contributed by atoms with van der Waals surface area (Å²) in [5.41, 5.74) is 0. The quantitative estimate of drug-likeness (QED) is 0.416. The summed E-state index contributed by atoms with van der Waals surface area (Å²) in [4.78, 5) is 0. The molecule has 1 fully saturated rings. The molecule has 1 N–H and O–H groups in total. The van der Waals surface area contributed by atoms with Gasteiger partial charge in [-0.05, 0) is 0 Å². The Labute approximate surface area is 59.7 Å². The number of hydrogen-bond donors (Lipinski definition) is 1. The first-order valence-corrected chi connectivity index (χ1v) is 3.23. The van der Waals surface area contributed by atoms with Crippen molar-refractivity contribution in [3.63, 3.8) is 0 Å². The molecule has 1 rings (SSSR count). The summed E-state index contributed by atoms with van der Waals surface area (Å²) in [5.74, 6) is 0. The van der Waals surface area contributed by atoms with Crippen molar-refractivity contribution in [3.8, 4) is 0 Å². The summed E-state index contributed by atoms with van der Waals surface area (Å²) >= 11 is 0. The molecule has 0 bridgehead atoms. The fourth-order valence-corrected chi connectivity index (χ4v) is 0.574. The van der Waals surface area contributed by atoms with Crippen LogP contribution in [0.5, 0.6) is 0 Å². The van der Waals surface area contributed by atoms with Crippen molar-refractivity contribution in [2.75, 3.05) is 26.9 Å². The molecule has 4 nitrogen and oxygen atoms in total. The molecule has 0 spiro atoms. The first kappa shape index (κ1) is 7.94. The standard InChI is InChI=1S/C6H12O4/c1-8-6(2-7)10-4-5-3-9-5/h5-7H,2-4H2,1H3. The molecule has 1 saturated heterocycles. The Hall–Kier alpha value is -0.160. The largest absolute Gasteiger partial charge is 0.391 e. The van der Waals surface area contributed by atoms with Gasteiger partial charge in [-0.1, -0.05) is 0 Å². The van der Waals surface area contributed by atoms with Crippen LogP contribution in [0.3, 0.4) is 0 Å². The fourth-order valence-electron chi connectivity index (χ4n) is 0.574. The number of methoxy groups -OCH3 is 1. The van der Waals surface area contributed by atoms with Gasteiger partial charge < -0.3 is 19.3 Å². The summed E-state index contributed by atoms with van der Waals surface area (Å²) in [6.07, 6.45) is -0.270. The van der Waals surface area contributed by atoms with E-state index in [4.69, 9.17) is 19.3 Å². The normalized spacial score (nSPS) is 26.4. The van der Waals surface area contributed by atoms with E-state index in [0.717, 1.165) is 6.61 Å². The van der Waals surface area contributed by atoms with E-state index in [-0.39, 0.29) is 12.7 Å². The van der Waals surface area contributed by atoms with Gasteiger partial charge in [-0.3, -0.25) is 0 Å². The molecule has 4 heteroatoms. The number of hydrogen-bond acceptors (Lipinski definition) is 4. The Bertz CT molecular complexity index is 87.7. The lowest BCUT2D eigenvalue weighted by atomic mass is 10.5. The van der Waals surface area contributed by atoms with Gasteiger partial charge in [0.25, 0.3) is 0 Å². The number of ether oxygens (including phenoxy) is 3. The van der Waals surface area contributed by atoms with Crippen molar-refractivity contribution in [2.45, 2.75) is 12.4 Å². The second-order valence-corrected chi connectivity index (χ2v) is 2.14. The lowest BCUT2D eigenvalue weighted by molar-refractivity contribution is -0.148.